The van der Waals surface area contributed by atoms with E-state index >= 15 is 0 Å². The van der Waals surface area contributed by atoms with E-state index in [1.807, 2.05) is 67.3 Å². The summed E-state index contributed by atoms with van der Waals surface area (Å²) in [7, 11) is 5.51. The molecule has 0 radical (unpaired) electrons. The maximum atomic E-state index is 5.65. The molecule has 24 heavy (non-hydrogen) atoms. The van der Waals surface area contributed by atoms with Gasteiger partial charge in [-0.3, -0.25) is 9.36 Å². The van der Waals surface area contributed by atoms with Crippen molar-refractivity contribution in [3.63, 3.8) is 0 Å². The van der Waals surface area contributed by atoms with E-state index in [1.165, 1.54) is 0 Å². The molecule has 0 saturated heterocycles. The smallest absolute Gasteiger partial charge is 0.145 e. The second-order valence-electron chi connectivity index (χ2n) is 5.82. The summed E-state index contributed by atoms with van der Waals surface area (Å²) >= 11 is 0. The molecule has 0 atom stereocenters. The molecule has 0 unspecified atom stereocenters. The van der Waals surface area contributed by atoms with Crippen LogP contribution in [0.15, 0.2) is 37.1 Å². The van der Waals surface area contributed by atoms with Gasteiger partial charge < -0.3 is 4.74 Å². The first-order chi connectivity index (χ1) is 11.6. The van der Waals surface area contributed by atoms with Crippen LogP contribution in [-0.4, -0.2) is 36.3 Å². The zero-order chi connectivity index (χ0) is 16.8. The SMILES string of the molecule is COc1cc(-c2cnn(C)c2)cn2ncc(-c3cnn(C)c3C)c12. The highest BCUT2D eigenvalue weighted by atomic mass is 16.5. The monoisotopic (exact) mass is 322 g/mol. The number of pyridine rings is 1. The lowest BCUT2D eigenvalue weighted by Crippen LogP contribution is -1.95. The summed E-state index contributed by atoms with van der Waals surface area (Å²) in [5, 5.41) is 13.1. The van der Waals surface area contributed by atoms with E-state index in [0.717, 1.165) is 39.2 Å². The average Bonchev–Trinajstić information content (AvgIpc) is 3.27. The predicted octanol–water partition coefficient (Wildman–Crippen LogP) is 2.45. The van der Waals surface area contributed by atoms with Crippen molar-refractivity contribution in [2.24, 2.45) is 14.1 Å². The van der Waals surface area contributed by atoms with Crippen molar-refractivity contribution in [2.75, 3.05) is 7.11 Å². The van der Waals surface area contributed by atoms with Crippen molar-refractivity contribution in [1.82, 2.24) is 29.2 Å². The van der Waals surface area contributed by atoms with Gasteiger partial charge in [0.05, 0.1) is 25.7 Å². The molecule has 0 N–H and O–H groups in total. The summed E-state index contributed by atoms with van der Waals surface area (Å²) in [5.41, 5.74) is 6.11. The molecule has 7 nitrogen and oxygen atoms in total. The van der Waals surface area contributed by atoms with Crippen molar-refractivity contribution in [3.05, 3.63) is 42.7 Å². The van der Waals surface area contributed by atoms with Crippen LogP contribution < -0.4 is 4.74 Å². The van der Waals surface area contributed by atoms with Crippen molar-refractivity contribution in [3.8, 4) is 28.0 Å². The Bertz CT molecular complexity index is 1040. The number of aromatic nitrogens is 6. The lowest BCUT2D eigenvalue weighted by molar-refractivity contribution is 0.418. The highest BCUT2D eigenvalue weighted by molar-refractivity contribution is 5.86. The molecule has 4 aromatic rings. The number of nitrogens with zero attached hydrogens (tertiary/aromatic N) is 6. The van der Waals surface area contributed by atoms with Gasteiger partial charge in [-0.2, -0.15) is 15.3 Å². The first-order valence-corrected chi connectivity index (χ1v) is 7.62. The third kappa shape index (κ3) is 2.09. The molecule has 0 amide bonds. The van der Waals surface area contributed by atoms with E-state index in [1.54, 1.807) is 11.8 Å². The molecule has 0 saturated carbocycles. The molecule has 7 heteroatoms. The van der Waals surface area contributed by atoms with Crippen LogP contribution in [0, 0.1) is 6.92 Å². The van der Waals surface area contributed by atoms with E-state index in [4.69, 9.17) is 4.74 Å². The van der Waals surface area contributed by atoms with Crippen LogP contribution in [0.2, 0.25) is 0 Å². The second kappa shape index (κ2) is 5.23. The summed E-state index contributed by atoms with van der Waals surface area (Å²) in [4.78, 5) is 0. The molecule has 0 aliphatic rings. The lowest BCUT2D eigenvalue weighted by Gasteiger charge is -2.08. The molecular formula is C17H18N6O. The van der Waals surface area contributed by atoms with Crippen molar-refractivity contribution in [2.45, 2.75) is 6.92 Å². The molecule has 4 aromatic heterocycles. The van der Waals surface area contributed by atoms with Gasteiger partial charge in [0.25, 0.3) is 0 Å². The third-order valence-corrected chi connectivity index (χ3v) is 4.36. The van der Waals surface area contributed by atoms with Crippen LogP contribution in [0.5, 0.6) is 5.75 Å². The first-order valence-electron chi connectivity index (χ1n) is 7.62. The minimum absolute atomic E-state index is 0.770. The normalized spacial score (nSPS) is 11.3. The van der Waals surface area contributed by atoms with Gasteiger partial charge in [-0.15, -0.1) is 0 Å². The van der Waals surface area contributed by atoms with Gasteiger partial charge in [-0.05, 0) is 13.0 Å². The zero-order valence-corrected chi connectivity index (χ0v) is 14.1. The number of hydrogen-bond donors (Lipinski definition) is 0. The molecule has 0 aliphatic heterocycles. The molecule has 122 valence electrons. The molecule has 0 bridgehead atoms. The molecule has 0 spiro atoms. The third-order valence-electron chi connectivity index (χ3n) is 4.36. The van der Waals surface area contributed by atoms with Gasteiger partial charge in [0, 0.05) is 54.4 Å². The van der Waals surface area contributed by atoms with E-state index in [-0.39, 0.29) is 0 Å². The van der Waals surface area contributed by atoms with E-state index in [2.05, 4.69) is 15.3 Å². The van der Waals surface area contributed by atoms with E-state index < -0.39 is 0 Å². The number of ether oxygens (including phenoxy) is 1. The van der Waals surface area contributed by atoms with Gasteiger partial charge >= 0.3 is 0 Å². The first kappa shape index (κ1) is 14.5. The fourth-order valence-corrected chi connectivity index (χ4v) is 2.93. The highest BCUT2D eigenvalue weighted by Gasteiger charge is 2.17. The van der Waals surface area contributed by atoms with Crippen LogP contribution >= 0.6 is 0 Å². The Hall–Kier alpha value is -3.09. The number of hydrogen-bond acceptors (Lipinski definition) is 4. The predicted molar refractivity (Wildman–Crippen MR) is 90.9 cm³/mol. The summed E-state index contributed by atoms with van der Waals surface area (Å²) in [5.74, 6) is 0.770. The number of fused-ring (bicyclic) bond motifs is 1. The standard InChI is InChI=1S/C17H18N6O/c1-11-14(7-19-22(11)3)15-8-20-23-10-12(5-16(24-4)17(15)23)13-6-18-21(2)9-13/h5-10H,1-4H3. The maximum Gasteiger partial charge on any atom is 0.145 e. The van der Waals surface area contributed by atoms with Crippen LogP contribution in [-0.2, 0) is 14.1 Å². The Morgan fingerprint density at radius 2 is 1.71 bits per heavy atom. The minimum atomic E-state index is 0.770. The fraction of sp³-hybridized carbons (Fsp3) is 0.235. The van der Waals surface area contributed by atoms with Crippen molar-refractivity contribution >= 4 is 5.52 Å². The maximum absolute atomic E-state index is 5.65. The van der Waals surface area contributed by atoms with Crippen molar-refractivity contribution < 1.29 is 4.74 Å². The highest BCUT2D eigenvalue weighted by Crippen LogP contribution is 2.35. The van der Waals surface area contributed by atoms with Gasteiger partial charge in [0.1, 0.15) is 11.3 Å². The van der Waals surface area contributed by atoms with Gasteiger partial charge in [-0.25, -0.2) is 4.52 Å². The van der Waals surface area contributed by atoms with Crippen LogP contribution in [0.3, 0.4) is 0 Å². The Balaban J connectivity index is 1.95. The molecule has 4 rings (SSSR count). The Morgan fingerprint density at radius 3 is 2.33 bits per heavy atom. The topological polar surface area (TPSA) is 62.2 Å². The molecule has 0 aromatic carbocycles. The largest absolute Gasteiger partial charge is 0.494 e. The number of methoxy groups -OCH3 is 1. The molecule has 4 heterocycles. The van der Waals surface area contributed by atoms with Gasteiger partial charge in [0.15, 0.2) is 0 Å². The Morgan fingerprint density at radius 1 is 0.917 bits per heavy atom. The summed E-state index contributed by atoms with van der Waals surface area (Å²) in [6, 6.07) is 2.02. The average molecular weight is 322 g/mol. The summed E-state index contributed by atoms with van der Waals surface area (Å²) in [6.45, 7) is 2.04. The quantitative estimate of drug-likeness (QED) is 0.581. The number of rotatable bonds is 3. The van der Waals surface area contributed by atoms with E-state index in [9.17, 15) is 0 Å². The molecule has 0 fully saturated rings. The summed E-state index contributed by atoms with van der Waals surface area (Å²) < 4.78 is 11.1. The van der Waals surface area contributed by atoms with Crippen LogP contribution in [0.4, 0.5) is 0 Å². The van der Waals surface area contributed by atoms with Crippen molar-refractivity contribution in [1.29, 1.82) is 0 Å². The van der Waals surface area contributed by atoms with E-state index in [0.29, 0.717) is 0 Å². The lowest BCUT2D eigenvalue weighted by atomic mass is 10.1. The minimum Gasteiger partial charge on any atom is -0.494 e. The summed E-state index contributed by atoms with van der Waals surface area (Å²) in [6.07, 6.45) is 9.51. The Kier molecular flexibility index (Phi) is 3.16. The fourth-order valence-electron chi connectivity index (χ4n) is 2.93. The molecule has 0 aliphatic carbocycles. The zero-order valence-electron chi connectivity index (χ0n) is 14.1. The second-order valence-corrected chi connectivity index (χ2v) is 5.82. The van der Waals surface area contributed by atoms with Crippen LogP contribution in [0.1, 0.15) is 5.69 Å². The van der Waals surface area contributed by atoms with Crippen LogP contribution in [0.25, 0.3) is 27.8 Å². The van der Waals surface area contributed by atoms with Gasteiger partial charge in [-0.1, -0.05) is 0 Å². The molecular weight excluding hydrogens is 304 g/mol. The Labute approximate surface area is 139 Å². The van der Waals surface area contributed by atoms with Gasteiger partial charge in [0.2, 0.25) is 0 Å². The number of aryl methyl sites for hydroxylation is 2.